The van der Waals surface area contributed by atoms with Gasteiger partial charge in [0.2, 0.25) is 5.78 Å². The second kappa shape index (κ2) is 6.36. The quantitative estimate of drug-likeness (QED) is 0.411. The van der Waals surface area contributed by atoms with Crippen molar-refractivity contribution < 1.29 is 23.4 Å². The van der Waals surface area contributed by atoms with Crippen molar-refractivity contribution in [2.45, 2.75) is 13.3 Å². The van der Waals surface area contributed by atoms with Gasteiger partial charge in [-0.15, -0.1) is 0 Å². The van der Waals surface area contributed by atoms with Crippen LogP contribution in [-0.2, 0) is 6.42 Å². The van der Waals surface area contributed by atoms with Crippen LogP contribution in [0.3, 0.4) is 0 Å². The molecule has 0 spiro atoms. The molecule has 29 heavy (non-hydrogen) atoms. The molecular weight excluding hydrogens is 395 g/mol. The van der Waals surface area contributed by atoms with Crippen molar-refractivity contribution in [2.75, 3.05) is 0 Å². The topological polar surface area (TPSA) is 59.7 Å². The molecule has 0 unspecified atom stereocenters. The molecule has 0 saturated heterocycles. The Labute approximate surface area is 170 Å². The lowest BCUT2D eigenvalue weighted by Gasteiger charge is -2.13. The summed E-state index contributed by atoms with van der Waals surface area (Å²) in [7, 11) is 0. The highest BCUT2D eigenvalue weighted by Gasteiger charge is 2.37. The summed E-state index contributed by atoms with van der Waals surface area (Å²) in [6.07, 6.45) is 0.640. The highest BCUT2D eigenvalue weighted by atomic mass is 35.5. The summed E-state index contributed by atoms with van der Waals surface area (Å²) in [5.74, 6) is -0.634. The Bertz CT molecular complexity index is 1320. The number of hydrogen-bond acceptors (Lipinski definition) is 4. The first-order valence-electron chi connectivity index (χ1n) is 9.07. The maximum Gasteiger partial charge on any atom is 0.202 e. The standard InChI is InChI=1S/C23H14ClFO4/c1-2-11-3-5-13(28-16-6-4-12(24)9-15(16)25)10-14(11)19-22(26)20-17-7-8-18(29-17)21(20)23(19)27/h3-10,26H,2H2,1H3. The van der Waals surface area contributed by atoms with Gasteiger partial charge in [0.1, 0.15) is 22.7 Å². The van der Waals surface area contributed by atoms with Gasteiger partial charge in [-0.3, -0.25) is 4.79 Å². The fourth-order valence-corrected chi connectivity index (χ4v) is 3.92. The molecule has 5 rings (SSSR count). The van der Waals surface area contributed by atoms with E-state index >= 15 is 0 Å². The maximum absolute atomic E-state index is 14.1. The van der Waals surface area contributed by atoms with E-state index in [1.54, 1.807) is 30.3 Å². The molecule has 2 heterocycles. The van der Waals surface area contributed by atoms with Gasteiger partial charge in [-0.2, -0.15) is 0 Å². The molecule has 0 saturated carbocycles. The molecule has 4 nitrogen and oxygen atoms in total. The first-order chi connectivity index (χ1) is 14.0. The Morgan fingerprint density at radius 1 is 1.07 bits per heavy atom. The van der Waals surface area contributed by atoms with Crippen LogP contribution in [-0.4, -0.2) is 10.9 Å². The van der Waals surface area contributed by atoms with Crippen LogP contribution in [0.25, 0.3) is 22.5 Å². The van der Waals surface area contributed by atoms with E-state index in [1.165, 1.54) is 18.2 Å². The van der Waals surface area contributed by atoms with Crippen LogP contribution in [0.5, 0.6) is 11.5 Å². The number of aliphatic hydroxyl groups is 1. The third-order valence-corrected chi connectivity index (χ3v) is 5.36. The van der Waals surface area contributed by atoms with E-state index in [1.807, 2.05) is 6.92 Å². The van der Waals surface area contributed by atoms with Gasteiger partial charge in [-0.1, -0.05) is 24.6 Å². The first kappa shape index (κ1) is 17.8. The van der Waals surface area contributed by atoms with Crippen molar-refractivity contribution in [3.05, 3.63) is 81.6 Å². The van der Waals surface area contributed by atoms with E-state index in [9.17, 15) is 14.3 Å². The van der Waals surface area contributed by atoms with Gasteiger partial charge in [0.25, 0.3) is 0 Å². The number of allylic oxidation sites excluding steroid dienone is 1. The number of benzene rings is 3. The molecular formula is C23H14ClFO4. The van der Waals surface area contributed by atoms with Gasteiger partial charge >= 0.3 is 0 Å². The summed E-state index contributed by atoms with van der Waals surface area (Å²) in [6, 6.07) is 12.7. The lowest BCUT2D eigenvalue weighted by molar-refractivity contribution is 0.106. The highest BCUT2D eigenvalue weighted by molar-refractivity contribution is 6.42. The SMILES string of the molecule is CCc1ccc(Oc2ccc(Cl)cc2F)cc1C1=C(O)c2c(c3ccc2o3)C1=O. The van der Waals surface area contributed by atoms with Crippen molar-refractivity contribution in [3.63, 3.8) is 0 Å². The van der Waals surface area contributed by atoms with Gasteiger partial charge in [0.15, 0.2) is 11.6 Å². The third-order valence-electron chi connectivity index (χ3n) is 5.13. The van der Waals surface area contributed by atoms with Gasteiger partial charge in [0, 0.05) is 5.02 Å². The zero-order valence-electron chi connectivity index (χ0n) is 15.3. The van der Waals surface area contributed by atoms with Crippen LogP contribution in [0.4, 0.5) is 4.39 Å². The third kappa shape index (κ3) is 2.62. The molecule has 0 amide bonds. The molecule has 144 valence electrons. The number of furan rings is 2. The molecule has 1 aliphatic carbocycles. The average molecular weight is 409 g/mol. The number of halogens is 2. The van der Waals surface area contributed by atoms with Gasteiger partial charge in [-0.25, -0.2) is 4.39 Å². The zero-order valence-corrected chi connectivity index (χ0v) is 16.0. The van der Waals surface area contributed by atoms with Gasteiger partial charge in [0.05, 0.1) is 16.7 Å². The number of rotatable bonds is 4. The van der Waals surface area contributed by atoms with Crippen molar-refractivity contribution in [3.8, 4) is 11.5 Å². The second-order valence-electron chi connectivity index (χ2n) is 6.82. The number of aliphatic hydroxyl groups excluding tert-OH is 1. The fraction of sp³-hybridized carbons (Fsp3) is 0.0870. The Hall–Kier alpha value is -3.31. The van der Waals surface area contributed by atoms with Crippen LogP contribution in [0.1, 0.15) is 34.0 Å². The molecule has 0 aliphatic heterocycles. The van der Waals surface area contributed by atoms with Crippen LogP contribution in [0, 0.1) is 5.82 Å². The van der Waals surface area contributed by atoms with Crippen LogP contribution < -0.4 is 4.74 Å². The van der Waals surface area contributed by atoms with Crippen molar-refractivity contribution in [1.82, 2.24) is 0 Å². The lowest BCUT2D eigenvalue weighted by atomic mass is 9.95. The van der Waals surface area contributed by atoms with Crippen LogP contribution >= 0.6 is 11.6 Å². The number of ketones is 1. The molecule has 0 atom stereocenters. The number of hydrogen-bond donors (Lipinski definition) is 1. The first-order valence-corrected chi connectivity index (χ1v) is 9.45. The smallest absolute Gasteiger partial charge is 0.202 e. The van der Waals surface area contributed by atoms with Crippen molar-refractivity contribution in [2.24, 2.45) is 0 Å². The minimum Gasteiger partial charge on any atom is -0.506 e. The number of Topliss-reactive ketones (excluding diaryl/α,β-unsaturated/α-hetero) is 1. The summed E-state index contributed by atoms with van der Waals surface area (Å²) >= 11 is 5.79. The van der Waals surface area contributed by atoms with Crippen molar-refractivity contribution in [1.29, 1.82) is 0 Å². The van der Waals surface area contributed by atoms with Gasteiger partial charge in [-0.05, 0) is 60.0 Å². The van der Waals surface area contributed by atoms with Gasteiger partial charge < -0.3 is 14.3 Å². The number of aryl methyl sites for hydroxylation is 1. The predicted molar refractivity (Wildman–Crippen MR) is 108 cm³/mol. The summed E-state index contributed by atoms with van der Waals surface area (Å²) < 4.78 is 25.3. The number of carbonyl (C=O) groups is 1. The molecule has 1 aliphatic rings. The number of fused-ring (bicyclic) bond motifs is 5. The maximum atomic E-state index is 14.1. The Morgan fingerprint density at radius 2 is 1.83 bits per heavy atom. The minimum atomic E-state index is -0.592. The zero-order chi connectivity index (χ0) is 20.3. The van der Waals surface area contributed by atoms with Crippen LogP contribution in [0.2, 0.25) is 5.02 Å². The highest BCUT2D eigenvalue weighted by Crippen LogP contribution is 2.45. The largest absolute Gasteiger partial charge is 0.506 e. The Morgan fingerprint density at radius 3 is 2.52 bits per heavy atom. The lowest BCUT2D eigenvalue weighted by Crippen LogP contribution is -2.02. The molecule has 6 heteroatoms. The molecule has 2 bridgehead atoms. The Balaban J connectivity index is 1.61. The van der Waals surface area contributed by atoms with E-state index in [0.29, 0.717) is 40.0 Å². The van der Waals surface area contributed by atoms with Crippen LogP contribution in [0.15, 0.2) is 52.9 Å². The monoisotopic (exact) mass is 408 g/mol. The molecule has 2 aromatic heterocycles. The predicted octanol–water partition coefficient (Wildman–Crippen LogP) is 6.64. The van der Waals surface area contributed by atoms with E-state index in [4.69, 9.17) is 20.8 Å². The van der Waals surface area contributed by atoms with E-state index in [-0.39, 0.29) is 27.9 Å². The average Bonchev–Trinajstić information content (AvgIpc) is 3.38. The van der Waals surface area contributed by atoms with E-state index in [0.717, 1.165) is 5.56 Å². The minimum absolute atomic E-state index is 0.0166. The van der Waals surface area contributed by atoms with Crippen molar-refractivity contribution >= 4 is 39.9 Å². The van der Waals surface area contributed by atoms with E-state index < -0.39 is 5.82 Å². The molecule has 4 aromatic rings. The molecule has 0 radical (unpaired) electrons. The Kier molecular flexibility index (Phi) is 3.89. The summed E-state index contributed by atoms with van der Waals surface area (Å²) in [4.78, 5) is 13.1. The number of ether oxygens (including phenoxy) is 1. The number of carbonyl (C=O) groups excluding carboxylic acids is 1. The molecule has 1 N–H and O–H groups in total. The fourth-order valence-electron chi connectivity index (χ4n) is 3.77. The second-order valence-corrected chi connectivity index (χ2v) is 7.25. The molecule has 2 aromatic carbocycles. The molecule has 0 fully saturated rings. The summed E-state index contributed by atoms with van der Waals surface area (Å²) in [5, 5.41) is 11.1. The normalized spacial score (nSPS) is 13.6. The summed E-state index contributed by atoms with van der Waals surface area (Å²) in [6.45, 7) is 1.95. The summed E-state index contributed by atoms with van der Waals surface area (Å²) in [5.41, 5.74) is 3.36. The van der Waals surface area contributed by atoms with E-state index in [2.05, 4.69) is 0 Å².